The van der Waals surface area contributed by atoms with Crippen LogP contribution in [0.4, 0.5) is 9.93 Å². The third-order valence-corrected chi connectivity index (χ3v) is 4.39. The summed E-state index contributed by atoms with van der Waals surface area (Å²) in [5, 5.41) is 12.5. The molecule has 8 heteroatoms. The van der Waals surface area contributed by atoms with Crippen LogP contribution in [0.25, 0.3) is 0 Å². The van der Waals surface area contributed by atoms with Crippen molar-refractivity contribution in [2.24, 2.45) is 0 Å². The van der Waals surface area contributed by atoms with Crippen molar-refractivity contribution in [3.8, 4) is 0 Å². The van der Waals surface area contributed by atoms with Gasteiger partial charge in [-0.1, -0.05) is 37.5 Å². The van der Waals surface area contributed by atoms with E-state index in [1.54, 1.807) is 19.1 Å². The number of carbonyl (C=O) groups excluding carboxylic acids is 1. The minimum atomic E-state index is -0.441. The van der Waals surface area contributed by atoms with E-state index in [4.69, 9.17) is 9.47 Å². The Morgan fingerprint density at radius 2 is 1.96 bits per heavy atom. The number of aryl methyl sites for hydroxylation is 1. The third kappa shape index (κ3) is 7.24. The minimum absolute atomic E-state index is 0.222. The molecule has 0 spiro atoms. The van der Waals surface area contributed by atoms with E-state index in [0.717, 1.165) is 17.8 Å². The van der Waals surface area contributed by atoms with Crippen LogP contribution in [0.2, 0.25) is 0 Å². The predicted molar refractivity (Wildman–Crippen MR) is 91.8 cm³/mol. The van der Waals surface area contributed by atoms with Crippen LogP contribution in [-0.4, -0.2) is 54.7 Å². The lowest BCUT2D eigenvalue weighted by molar-refractivity contribution is -0.110. The van der Waals surface area contributed by atoms with Gasteiger partial charge in [-0.05, 0) is 13.3 Å². The van der Waals surface area contributed by atoms with E-state index in [9.17, 15) is 4.79 Å². The van der Waals surface area contributed by atoms with Crippen molar-refractivity contribution >= 4 is 22.5 Å². The first kappa shape index (κ1) is 19.8. The molecule has 1 heterocycles. The number of methoxy groups -OCH3 is 2. The highest BCUT2D eigenvalue weighted by molar-refractivity contribution is 7.15. The summed E-state index contributed by atoms with van der Waals surface area (Å²) in [6, 6.07) is -0.222. The van der Waals surface area contributed by atoms with Gasteiger partial charge in [-0.15, -0.1) is 10.2 Å². The molecule has 7 nitrogen and oxygen atoms in total. The van der Waals surface area contributed by atoms with Crippen LogP contribution >= 0.6 is 11.3 Å². The van der Waals surface area contributed by atoms with Gasteiger partial charge in [-0.2, -0.15) is 0 Å². The summed E-state index contributed by atoms with van der Waals surface area (Å²) < 4.78 is 10.3. The van der Waals surface area contributed by atoms with Crippen LogP contribution in [0.5, 0.6) is 0 Å². The molecule has 0 fully saturated rings. The monoisotopic (exact) mass is 344 g/mol. The van der Waals surface area contributed by atoms with Gasteiger partial charge in [0.05, 0.1) is 6.54 Å². The van der Waals surface area contributed by atoms with Crippen molar-refractivity contribution in [2.45, 2.75) is 52.2 Å². The van der Waals surface area contributed by atoms with Gasteiger partial charge in [-0.25, -0.2) is 4.79 Å². The maximum Gasteiger partial charge on any atom is 0.323 e. The maximum atomic E-state index is 12.3. The van der Waals surface area contributed by atoms with Gasteiger partial charge in [-0.3, -0.25) is 5.32 Å². The van der Waals surface area contributed by atoms with Gasteiger partial charge in [0.15, 0.2) is 6.29 Å². The van der Waals surface area contributed by atoms with Crippen LogP contribution in [0.3, 0.4) is 0 Å². The molecule has 132 valence electrons. The number of nitrogens with one attached hydrogen (secondary N) is 1. The summed E-state index contributed by atoms with van der Waals surface area (Å²) in [7, 11) is 3.10. The summed E-state index contributed by atoms with van der Waals surface area (Å²) in [6.45, 7) is 5.01. The van der Waals surface area contributed by atoms with Crippen molar-refractivity contribution in [1.29, 1.82) is 0 Å². The molecular formula is C15H28N4O3S. The molecule has 1 N–H and O–H groups in total. The van der Waals surface area contributed by atoms with Gasteiger partial charge in [0, 0.05) is 27.2 Å². The van der Waals surface area contributed by atoms with Crippen LogP contribution < -0.4 is 5.32 Å². The second kappa shape index (κ2) is 11.3. The van der Waals surface area contributed by atoms with Crippen molar-refractivity contribution in [2.75, 3.05) is 32.6 Å². The highest BCUT2D eigenvalue weighted by atomic mass is 32.1. The Kier molecular flexibility index (Phi) is 9.74. The number of likely N-dealkylation sites (N-methyl/N-ethyl adjacent to an activating group) is 1. The van der Waals surface area contributed by atoms with E-state index in [-0.39, 0.29) is 6.03 Å². The largest absolute Gasteiger partial charge is 0.354 e. The minimum Gasteiger partial charge on any atom is -0.354 e. The Balaban J connectivity index is 2.47. The molecule has 0 aliphatic heterocycles. The predicted octanol–water partition coefficient (Wildman–Crippen LogP) is 3.13. The zero-order chi connectivity index (χ0) is 17.1. The summed E-state index contributed by atoms with van der Waals surface area (Å²) >= 11 is 1.43. The quantitative estimate of drug-likeness (QED) is 0.493. The van der Waals surface area contributed by atoms with Gasteiger partial charge >= 0.3 is 6.03 Å². The van der Waals surface area contributed by atoms with E-state index in [2.05, 4.69) is 22.4 Å². The number of carbonyl (C=O) groups is 1. The molecular weight excluding hydrogens is 316 g/mol. The Bertz CT molecular complexity index is 452. The molecule has 0 saturated carbocycles. The first-order valence-electron chi connectivity index (χ1n) is 8.08. The topological polar surface area (TPSA) is 76.6 Å². The molecule has 1 aromatic rings. The van der Waals surface area contributed by atoms with Crippen molar-refractivity contribution in [3.63, 3.8) is 0 Å². The number of nitrogens with zero attached hydrogens (tertiary/aromatic N) is 3. The maximum absolute atomic E-state index is 12.3. The van der Waals surface area contributed by atoms with Gasteiger partial charge in [0.25, 0.3) is 0 Å². The Labute approximate surface area is 142 Å². The number of anilines is 1. The number of unbranched alkanes of at least 4 members (excludes halogenated alkanes) is 3. The number of hydrogen-bond donors (Lipinski definition) is 1. The smallest absolute Gasteiger partial charge is 0.323 e. The van der Waals surface area contributed by atoms with E-state index in [1.807, 2.05) is 6.92 Å². The fourth-order valence-corrected chi connectivity index (χ4v) is 2.83. The SMILES string of the molecule is CCCCCCc1nnc(NC(=O)N(CC)CC(OC)OC)s1. The van der Waals surface area contributed by atoms with Crippen molar-refractivity contribution < 1.29 is 14.3 Å². The van der Waals surface area contributed by atoms with E-state index in [1.165, 1.54) is 30.6 Å². The number of urea groups is 1. The number of hydrogen-bond acceptors (Lipinski definition) is 6. The fraction of sp³-hybridized carbons (Fsp3) is 0.800. The molecule has 0 radical (unpaired) electrons. The lowest BCUT2D eigenvalue weighted by atomic mass is 10.2. The highest BCUT2D eigenvalue weighted by Gasteiger charge is 2.18. The van der Waals surface area contributed by atoms with Gasteiger partial charge < -0.3 is 14.4 Å². The Morgan fingerprint density at radius 1 is 1.22 bits per heavy atom. The van der Waals surface area contributed by atoms with Crippen molar-refractivity contribution in [3.05, 3.63) is 5.01 Å². The molecule has 1 rings (SSSR count). The second-order valence-corrected chi connectivity index (χ2v) is 6.24. The van der Waals surface area contributed by atoms with E-state index < -0.39 is 6.29 Å². The molecule has 0 aliphatic rings. The normalized spacial score (nSPS) is 11.0. The van der Waals surface area contributed by atoms with Crippen LogP contribution in [0.1, 0.15) is 44.5 Å². The molecule has 0 bridgehead atoms. The summed E-state index contributed by atoms with van der Waals surface area (Å²) in [4.78, 5) is 13.9. The zero-order valence-electron chi connectivity index (χ0n) is 14.5. The molecule has 1 aromatic heterocycles. The number of aromatic nitrogens is 2. The lowest BCUT2D eigenvalue weighted by Gasteiger charge is -2.24. The Morgan fingerprint density at radius 3 is 2.57 bits per heavy atom. The van der Waals surface area contributed by atoms with E-state index >= 15 is 0 Å². The molecule has 0 atom stereocenters. The third-order valence-electron chi connectivity index (χ3n) is 3.49. The van der Waals surface area contributed by atoms with Crippen LogP contribution in [-0.2, 0) is 15.9 Å². The highest BCUT2D eigenvalue weighted by Crippen LogP contribution is 2.18. The molecule has 23 heavy (non-hydrogen) atoms. The number of rotatable bonds is 11. The summed E-state index contributed by atoms with van der Waals surface area (Å²) in [5.74, 6) is 0. The summed E-state index contributed by atoms with van der Waals surface area (Å²) in [5.41, 5.74) is 0. The van der Waals surface area contributed by atoms with Crippen molar-refractivity contribution in [1.82, 2.24) is 15.1 Å². The average molecular weight is 344 g/mol. The standard InChI is InChI=1S/C15H28N4O3S/c1-5-7-8-9-10-12-17-18-14(23-12)16-15(20)19(6-2)11-13(21-3)22-4/h13H,5-11H2,1-4H3,(H,16,18,20). The number of amides is 2. The fourth-order valence-electron chi connectivity index (χ4n) is 2.06. The Hall–Kier alpha value is -1.25. The molecule has 0 aromatic carbocycles. The molecule has 0 unspecified atom stereocenters. The summed E-state index contributed by atoms with van der Waals surface area (Å²) in [6.07, 6.45) is 5.25. The number of ether oxygens (including phenoxy) is 2. The molecule has 2 amide bonds. The first-order valence-corrected chi connectivity index (χ1v) is 8.90. The lowest BCUT2D eigenvalue weighted by Crippen LogP contribution is -2.41. The zero-order valence-corrected chi connectivity index (χ0v) is 15.3. The van der Waals surface area contributed by atoms with Crippen LogP contribution in [0, 0.1) is 0 Å². The van der Waals surface area contributed by atoms with Gasteiger partial charge in [0.1, 0.15) is 5.01 Å². The van der Waals surface area contributed by atoms with E-state index in [0.29, 0.717) is 18.2 Å². The van der Waals surface area contributed by atoms with Crippen LogP contribution in [0.15, 0.2) is 0 Å². The molecule has 0 aliphatic carbocycles. The second-order valence-electron chi connectivity index (χ2n) is 5.18. The molecule has 0 saturated heterocycles. The average Bonchev–Trinajstić information content (AvgIpc) is 3.00. The first-order chi connectivity index (χ1) is 11.1. The van der Waals surface area contributed by atoms with Gasteiger partial charge in [0.2, 0.25) is 5.13 Å².